The Morgan fingerprint density at radius 1 is 0.864 bits per heavy atom. The van der Waals surface area contributed by atoms with Crippen LogP contribution < -0.4 is 5.32 Å². The zero-order valence-electron chi connectivity index (χ0n) is 24.5. The number of nitrogens with one attached hydrogen (secondary N) is 1. The van der Waals surface area contributed by atoms with E-state index in [0.29, 0.717) is 33.3 Å². The molecule has 1 N–H and O–H groups in total. The number of amides is 2. The molecule has 224 valence electrons. The average Bonchev–Trinajstić information content (AvgIpc) is 3.45. The number of carbonyl (C=O) groups is 2. The molecule has 5 aromatic rings. The lowest BCUT2D eigenvalue weighted by molar-refractivity contribution is -0.119. The van der Waals surface area contributed by atoms with Crippen molar-refractivity contribution in [3.05, 3.63) is 132 Å². The van der Waals surface area contributed by atoms with E-state index in [1.54, 1.807) is 78.9 Å². The molecule has 2 amide bonds. The second kappa shape index (κ2) is 12.1. The molecule has 0 unspecified atom stereocenters. The van der Waals surface area contributed by atoms with Crippen LogP contribution in [0.25, 0.3) is 10.9 Å². The average molecular weight is 608 g/mol. The van der Waals surface area contributed by atoms with Gasteiger partial charge in [-0.1, -0.05) is 73.7 Å². The maximum absolute atomic E-state index is 14.4. The van der Waals surface area contributed by atoms with E-state index in [4.69, 9.17) is 4.74 Å². The van der Waals surface area contributed by atoms with Gasteiger partial charge in [0, 0.05) is 42.1 Å². The molecule has 1 aliphatic rings. The Morgan fingerprint density at radius 3 is 2.27 bits per heavy atom. The molecule has 6 rings (SSSR count). The van der Waals surface area contributed by atoms with Gasteiger partial charge in [-0.3, -0.25) is 9.59 Å². The summed E-state index contributed by atoms with van der Waals surface area (Å²) in [4.78, 5) is 30.2. The van der Waals surface area contributed by atoms with Gasteiger partial charge in [0.25, 0.3) is 15.9 Å². The number of hydrogen-bond donors (Lipinski definition) is 1. The van der Waals surface area contributed by atoms with Crippen molar-refractivity contribution in [3.63, 3.8) is 0 Å². The number of carbonyl (C=O) groups excluding carboxylic acids is 2. The molecule has 0 spiro atoms. The number of benzene rings is 4. The summed E-state index contributed by atoms with van der Waals surface area (Å²) >= 11 is 0. The Labute approximate surface area is 256 Å². The standard InChI is InChI=1S/C35H33N3O5S/c1-3-24-17-19-25(20-18-24)36-34(39)32-28-14-7-8-15-29(28)35(40)37(21-22-43-2)33(32)30-23-38(31-16-10-9-13-27(30)31)44(41,42)26-11-5-4-6-12-26/h4-20,23,32-33H,3,21-22H2,1-2H3,(H,36,39)/t32-,33-/m1/s1. The number of para-hydroxylation sites is 1. The van der Waals surface area contributed by atoms with E-state index in [0.717, 1.165) is 12.0 Å². The van der Waals surface area contributed by atoms with E-state index in [1.807, 2.05) is 42.5 Å². The fraction of sp³-hybridized carbons (Fsp3) is 0.200. The lowest BCUT2D eigenvalue weighted by Gasteiger charge is -2.41. The highest BCUT2D eigenvalue weighted by Crippen LogP contribution is 2.46. The van der Waals surface area contributed by atoms with E-state index in [-0.39, 0.29) is 29.9 Å². The number of methoxy groups -OCH3 is 1. The molecule has 9 heteroatoms. The molecule has 0 aliphatic carbocycles. The van der Waals surface area contributed by atoms with Crippen LogP contribution in [0.5, 0.6) is 0 Å². The lowest BCUT2D eigenvalue weighted by atomic mass is 9.79. The molecule has 0 saturated heterocycles. The molecule has 1 aromatic heterocycles. The van der Waals surface area contributed by atoms with Gasteiger partial charge in [-0.15, -0.1) is 0 Å². The summed E-state index contributed by atoms with van der Waals surface area (Å²) in [5.41, 5.74) is 3.81. The fourth-order valence-corrected chi connectivity index (χ4v) is 7.41. The minimum Gasteiger partial charge on any atom is -0.383 e. The molecule has 1 aliphatic heterocycles. The Balaban J connectivity index is 1.56. The van der Waals surface area contributed by atoms with Crippen LogP contribution in [0.1, 0.15) is 45.9 Å². The van der Waals surface area contributed by atoms with Gasteiger partial charge in [-0.2, -0.15) is 0 Å². The Morgan fingerprint density at radius 2 is 1.55 bits per heavy atom. The van der Waals surface area contributed by atoms with Crippen molar-refractivity contribution >= 4 is 38.4 Å². The summed E-state index contributed by atoms with van der Waals surface area (Å²) in [6.45, 7) is 2.50. The predicted molar refractivity (Wildman–Crippen MR) is 170 cm³/mol. The summed E-state index contributed by atoms with van der Waals surface area (Å²) < 4.78 is 34.5. The second-order valence-electron chi connectivity index (χ2n) is 10.8. The van der Waals surface area contributed by atoms with Crippen LogP contribution >= 0.6 is 0 Å². The van der Waals surface area contributed by atoms with Crippen LogP contribution in [0.3, 0.4) is 0 Å². The molecule has 0 radical (unpaired) electrons. The molecule has 0 saturated carbocycles. The first kappa shape index (κ1) is 29.3. The van der Waals surface area contributed by atoms with Gasteiger partial charge >= 0.3 is 0 Å². The largest absolute Gasteiger partial charge is 0.383 e. The summed E-state index contributed by atoms with van der Waals surface area (Å²) in [6, 6.07) is 29.4. The zero-order valence-corrected chi connectivity index (χ0v) is 25.3. The normalized spacial score (nSPS) is 16.6. The van der Waals surface area contributed by atoms with Gasteiger partial charge < -0.3 is 15.0 Å². The van der Waals surface area contributed by atoms with Crippen molar-refractivity contribution in [2.24, 2.45) is 0 Å². The monoisotopic (exact) mass is 607 g/mol. The number of nitrogens with zero attached hydrogens (tertiary/aromatic N) is 2. The van der Waals surface area contributed by atoms with Crippen LogP contribution in [-0.4, -0.2) is 49.4 Å². The van der Waals surface area contributed by atoms with Crippen LogP contribution in [0.2, 0.25) is 0 Å². The molecule has 2 atom stereocenters. The van der Waals surface area contributed by atoms with Crippen molar-refractivity contribution in [1.82, 2.24) is 8.87 Å². The summed E-state index contributed by atoms with van der Waals surface area (Å²) in [7, 11) is -2.44. The Kier molecular flexibility index (Phi) is 8.07. The summed E-state index contributed by atoms with van der Waals surface area (Å²) in [6.07, 6.45) is 2.44. The molecule has 0 bridgehead atoms. The van der Waals surface area contributed by atoms with E-state index < -0.39 is 22.0 Å². The van der Waals surface area contributed by atoms with Gasteiger partial charge in [-0.05, 0) is 53.9 Å². The Hall–Kier alpha value is -4.73. The molecular weight excluding hydrogens is 574 g/mol. The van der Waals surface area contributed by atoms with Crippen LogP contribution in [0.15, 0.2) is 114 Å². The number of ether oxygens (including phenoxy) is 1. The van der Waals surface area contributed by atoms with Crippen LogP contribution in [0, 0.1) is 0 Å². The first-order valence-electron chi connectivity index (χ1n) is 14.5. The first-order chi connectivity index (χ1) is 21.3. The summed E-state index contributed by atoms with van der Waals surface area (Å²) in [5, 5.41) is 3.71. The number of hydrogen-bond acceptors (Lipinski definition) is 5. The molecule has 44 heavy (non-hydrogen) atoms. The van der Waals surface area contributed by atoms with E-state index in [9.17, 15) is 18.0 Å². The first-order valence-corrected chi connectivity index (χ1v) is 16.0. The van der Waals surface area contributed by atoms with E-state index in [1.165, 1.54) is 3.97 Å². The highest BCUT2D eigenvalue weighted by molar-refractivity contribution is 7.90. The lowest BCUT2D eigenvalue weighted by Crippen LogP contribution is -2.47. The number of aryl methyl sites for hydroxylation is 1. The molecule has 4 aromatic carbocycles. The Bertz CT molecular complexity index is 1930. The van der Waals surface area contributed by atoms with E-state index >= 15 is 0 Å². The zero-order chi connectivity index (χ0) is 30.8. The smallest absolute Gasteiger partial charge is 0.268 e. The predicted octanol–water partition coefficient (Wildman–Crippen LogP) is 6.01. The third-order valence-electron chi connectivity index (χ3n) is 8.21. The van der Waals surface area contributed by atoms with Gasteiger partial charge in [-0.25, -0.2) is 12.4 Å². The van der Waals surface area contributed by atoms with E-state index in [2.05, 4.69) is 12.2 Å². The quantitative estimate of drug-likeness (QED) is 0.222. The maximum Gasteiger partial charge on any atom is 0.268 e. The highest BCUT2D eigenvalue weighted by Gasteiger charge is 2.45. The molecule has 0 fully saturated rings. The molecule has 8 nitrogen and oxygen atoms in total. The number of anilines is 1. The van der Waals surface area contributed by atoms with Crippen molar-refractivity contribution in [1.29, 1.82) is 0 Å². The molecular formula is C35H33N3O5S. The topological polar surface area (TPSA) is 97.7 Å². The third kappa shape index (κ3) is 5.18. The van der Waals surface area contributed by atoms with Crippen LogP contribution in [0.4, 0.5) is 5.69 Å². The maximum atomic E-state index is 14.4. The van der Waals surface area contributed by atoms with Gasteiger partial charge in [0.2, 0.25) is 5.91 Å². The van der Waals surface area contributed by atoms with Crippen molar-refractivity contribution < 1.29 is 22.7 Å². The van der Waals surface area contributed by atoms with Crippen molar-refractivity contribution in [3.8, 4) is 0 Å². The number of fused-ring (bicyclic) bond motifs is 2. The molecule has 2 heterocycles. The van der Waals surface area contributed by atoms with Gasteiger partial charge in [0.05, 0.1) is 29.0 Å². The van der Waals surface area contributed by atoms with Crippen molar-refractivity contribution in [2.75, 3.05) is 25.6 Å². The number of aromatic nitrogens is 1. The highest BCUT2D eigenvalue weighted by atomic mass is 32.2. The minimum atomic E-state index is -4.00. The van der Waals surface area contributed by atoms with Gasteiger partial charge in [0.15, 0.2) is 0 Å². The fourth-order valence-electron chi connectivity index (χ4n) is 6.02. The summed E-state index contributed by atoms with van der Waals surface area (Å²) in [5.74, 6) is -1.39. The second-order valence-corrected chi connectivity index (χ2v) is 12.6. The van der Waals surface area contributed by atoms with Gasteiger partial charge in [0.1, 0.15) is 0 Å². The van der Waals surface area contributed by atoms with Crippen LogP contribution in [-0.2, 0) is 26.0 Å². The minimum absolute atomic E-state index is 0.137. The SMILES string of the molecule is CCc1ccc(NC(=O)[C@@H]2c3ccccc3C(=O)N(CCOC)[C@@H]2c2cn(S(=O)(=O)c3ccccc3)c3ccccc23)cc1. The number of rotatable bonds is 9. The van der Waals surface area contributed by atoms with Crippen molar-refractivity contribution in [2.45, 2.75) is 30.2 Å². The third-order valence-corrected chi connectivity index (χ3v) is 9.90.